The van der Waals surface area contributed by atoms with Gasteiger partial charge in [-0.3, -0.25) is 14.0 Å². The third kappa shape index (κ3) is 5.50. The van der Waals surface area contributed by atoms with Gasteiger partial charge in [0.15, 0.2) is 11.5 Å². The molecule has 2 aliphatic heterocycles. The number of piperazine rings is 1. The van der Waals surface area contributed by atoms with E-state index in [1.807, 2.05) is 18.2 Å². The molecule has 3 aromatic rings. The summed E-state index contributed by atoms with van der Waals surface area (Å²) < 4.78 is 44.4. The van der Waals surface area contributed by atoms with Crippen LogP contribution >= 0.6 is 0 Å². The molecular formula is C27H29N3O6S. The zero-order valence-corrected chi connectivity index (χ0v) is 21.4. The van der Waals surface area contributed by atoms with Crippen molar-refractivity contribution in [2.24, 2.45) is 0 Å². The van der Waals surface area contributed by atoms with Crippen molar-refractivity contribution in [2.75, 3.05) is 50.9 Å². The molecule has 0 radical (unpaired) electrons. The third-order valence-electron chi connectivity index (χ3n) is 6.52. The van der Waals surface area contributed by atoms with Gasteiger partial charge in [0.1, 0.15) is 12.3 Å². The van der Waals surface area contributed by atoms with E-state index in [0.29, 0.717) is 37.6 Å². The highest BCUT2D eigenvalue weighted by Crippen LogP contribution is 2.33. The Labute approximate surface area is 216 Å². The lowest BCUT2D eigenvalue weighted by atomic mass is 10.1. The lowest BCUT2D eigenvalue weighted by Crippen LogP contribution is -2.51. The first-order valence-corrected chi connectivity index (χ1v) is 13.5. The Kier molecular flexibility index (Phi) is 7.20. The Morgan fingerprint density at radius 2 is 1.68 bits per heavy atom. The first-order chi connectivity index (χ1) is 17.9. The van der Waals surface area contributed by atoms with Crippen molar-refractivity contribution in [1.82, 2.24) is 9.80 Å². The van der Waals surface area contributed by atoms with E-state index in [4.69, 9.17) is 14.2 Å². The second-order valence-corrected chi connectivity index (χ2v) is 10.7. The number of hydrogen-bond donors (Lipinski definition) is 0. The SMILES string of the molecule is COc1cccc(N(CC(=O)N2CCN(Cc3ccc4c(c3)OCO4)CC2)S(=O)(=O)c2ccccc2)c1. The first-order valence-electron chi connectivity index (χ1n) is 12.0. The molecule has 0 aliphatic carbocycles. The monoisotopic (exact) mass is 523 g/mol. The lowest BCUT2D eigenvalue weighted by molar-refractivity contribution is -0.131. The molecule has 0 bridgehead atoms. The number of ether oxygens (including phenoxy) is 3. The van der Waals surface area contributed by atoms with Crippen molar-refractivity contribution in [3.05, 3.63) is 78.4 Å². The van der Waals surface area contributed by atoms with E-state index in [1.165, 1.54) is 19.2 Å². The maximum Gasteiger partial charge on any atom is 0.264 e. The van der Waals surface area contributed by atoms with Crippen LogP contribution in [0.2, 0.25) is 0 Å². The summed E-state index contributed by atoms with van der Waals surface area (Å²) in [7, 11) is -2.45. The molecule has 0 N–H and O–H groups in total. The molecule has 0 atom stereocenters. The van der Waals surface area contributed by atoms with Crippen molar-refractivity contribution in [3.63, 3.8) is 0 Å². The maximum atomic E-state index is 13.6. The number of methoxy groups -OCH3 is 1. The van der Waals surface area contributed by atoms with Gasteiger partial charge < -0.3 is 19.1 Å². The van der Waals surface area contributed by atoms with Crippen molar-refractivity contribution in [1.29, 1.82) is 0 Å². The first kappa shape index (κ1) is 24.9. The van der Waals surface area contributed by atoms with Crippen LogP contribution in [-0.4, -0.2) is 70.8 Å². The predicted octanol–water partition coefficient (Wildman–Crippen LogP) is 2.96. The van der Waals surface area contributed by atoms with Crippen LogP contribution in [0.3, 0.4) is 0 Å². The molecule has 1 fully saturated rings. The molecule has 5 rings (SSSR count). The van der Waals surface area contributed by atoms with E-state index in [9.17, 15) is 13.2 Å². The van der Waals surface area contributed by atoms with Gasteiger partial charge in [-0.2, -0.15) is 0 Å². The summed E-state index contributed by atoms with van der Waals surface area (Å²) in [4.78, 5) is 17.5. The molecule has 194 valence electrons. The number of fused-ring (bicyclic) bond motifs is 1. The summed E-state index contributed by atoms with van der Waals surface area (Å²) in [5, 5.41) is 0. The summed E-state index contributed by atoms with van der Waals surface area (Å²) in [6.45, 7) is 3.08. The van der Waals surface area contributed by atoms with Gasteiger partial charge in [-0.05, 0) is 42.0 Å². The van der Waals surface area contributed by atoms with Gasteiger partial charge in [-0.25, -0.2) is 8.42 Å². The number of nitrogens with zero attached hydrogens (tertiary/aromatic N) is 3. The van der Waals surface area contributed by atoms with E-state index in [0.717, 1.165) is 27.9 Å². The minimum atomic E-state index is -3.97. The smallest absolute Gasteiger partial charge is 0.264 e. The van der Waals surface area contributed by atoms with E-state index < -0.39 is 10.0 Å². The standard InChI is InChI=1S/C27H29N3O6S/c1-34-23-7-5-6-22(17-23)30(37(32,33)24-8-3-2-4-9-24)19-27(31)29-14-12-28(13-15-29)18-21-10-11-25-26(16-21)36-20-35-25/h2-11,16-17H,12-15,18-20H2,1H3. The van der Waals surface area contributed by atoms with Crippen LogP contribution in [0.5, 0.6) is 17.2 Å². The summed E-state index contributed by atoms with van der Waals surface area (Å²) >= 11 is 0. The maximum absolute atomic E-state index is 13.6. The van der Waals surface area contributed by atoms with Gasteiger partial charge in [0.05, 0.1) is 17.7 Å². The highest BCUT2D eigenvalue weighted by atomic mass is 32.2. The van der Waals surface area contributed by atoms with Crippen LogP contribution in [0.4, 0.5) is 5.69 Å². The lowest BCUT2D eigenvalue weighted by Gasteiger charge is -2.36. The highest BCUT2D eigenvalue weighted by Gasteiger charge is 2.30. The quantitative estimate of drug-likeness (QED) is 0.449. The molecule has 0 aromatic heterocycles. The molecule has 0 spiro atoms. The van der Waals surface area contributed by atoms with Gasteiger partial charge in [0.25, 0.3) is 10.0 Å². The molecule has 2 aliphatic rings. The van der Waals surface area contributed by atoms with Gasteiger partial charge in [-0.15, -0.1) is 0 Å². The van der Waals surface area contributed by atoms with E-state index in [2.05, 4.69) is 4.90 Å². The fourth-order valence-electron chi connectivity index (χ4n) is 4.48. The van der Waals surface area contributed by atoms with Crippen LogP contribution < -0.4 is 18.5 Å². The third-order valence-corrected chi connectivity index (χ3v) is 8.31. The molecule has 0 saturated carbocycles. The number of anilines is 1. The number of carbonyl (C=O) groups is 1. The Bertz CT molecular complexity index is 1360. The molecule has 1 amide bonds. The van der Waals surface area contributed by atoms with Gasteiger partial charge >= 0.3 is 0 Å². The summed E-state index contributed by atoms with van der Waals surface area (Å²) in [6, 6.07) is 20.8. The second kappa shape index (κ2) is 10.7. The molecule has 3 aromatic carbocycles. The minimum Gasteiger partial charge on any atom is -0.497 e. The summed E-state index contributed by atoms with van der Waals surface area (Å²) in [6.07, 6.45) is 0. The largest absolute Gasteiger partial charge is 0.497 e. The zero-order chi connectivity index (χ0) is 25.8. The number of sulfonamides is 1. The number of rotatable bonds is 8. The normalized spacial score (nSPS) is 15.4. The Balaban J connectivity index is 1.27. The van der Waals surface area contributed by atoms with Gasteiger partial charge in [0, 0.05) is 38.8 Å². The minimum absolute atomic E-state index is 0.124. The topological polar surface area (TPSA) is 88.6 Å². The Morgan fingerprint density at radius 3 is 2.43 bits per heavy atom. The van der Waals surface area contributed by atoms with Gasteiger partial charge in [0.2, 0.25) is 12.7 Å². The number of carbonyl (C=O) groups excluding carboxylic acids is 1. The van der Waals surface area contributed by atoms with Crippen molar-refractivity contribution in [2.45, 2.75) is 11.4 Å². The average molecular weight is 524 g/mol. The Morgan fingerprint density at radius 1 is 0.919 bits per heavy atom. The molecule has 2 heterocycles. The van der Waals surface area contributed by atoms with Crippen LogP contribution in [0, 0.1) is 0 Å². The van der Waals surface area contributed by atoms with Crippen LogP contribution in [0.25, 0.3) is 0 Å². The molecular weight excluding hydrogens is 494 g/mol. The number of amides is 1. The predicted molar refractivity (Wildman–Crippen MR) is 138 cm³/mol. The molecule has 0 unspecified atom stereocenters. The van der Waals surface area contributed by atoms with Gasteiger partial charge in [-0.1, -0.05) is 30.3 Å². The van der Waals surface area contributed by atoms with Crippen LogP contribution in [-0.2, 0) is 21.4 Å². The molecule has 37 heavy (non-hydrogen) atoms. The van der Waals surface area contributed by atoms with E-state index in [-0.39, 0.29) is 24.1 Å². The van der Waals surface area contributed by atoms with E-state index >= 15 is 0 Å². The fourth-order valence-corrected chi connectivity index (χ4v) is 5.90. The van der Waals surface area contributed by atoms with Crippen molar-refractivity contribution < 1.29 is 27.4 Å². The molecule has 10 heteroatoms. The van der Waals surface area contributed by atoms with Crippen LogP contribution in [0.1, 0.15) is 5.56 Å². The Hall–Kier alpha value is -3.76. The van der Waals surface area contributed by atoms with E-state index in [1.54, 1.807) is 47.4 Å². The zero-order valence-electron chi connectivity index (χ0n) is 20.6. The highest BCUT2D eigenvalue weighted by molar-refractivity contribution is 7.92. The van der Waals surface area contributed by atoms with Crippen molar-refractivity contribution in [3.8, 4) is 17.2 Å². The fraction of sp³-hybridized carbons (Fsp3) is 0.296. The van der Waals surface area contributed by atoms with Crippen molar-refractivity contribution >= 4 is 21.6 Å². The number of benzene rings is 3. The van der Waals surface area contributed by atoms with Crippen LogP contribution in [0.15, 0.2) is 77.7 Å². The summed E-state index contributed by atoms with van der Waals surface area (Å²) in [5.74, 6) is 1.77. The molecule has 1 saturated heterocycles. The average Bonchev–Trinajstić information content (AvgIpc) is 3.40. The summed E-state index contributed by atoms with van der Waals surface area (Å²) in [5.41, 5.74) is 1.49. The molecule has 9 nitrogen and oxygen atoms in total. The second-order valence-electron chi connectivity index (χ2n) is 8.87. The number of hydrogen-bond acceptors (Lipinski definition) is 7.